The molecule has 0 aromatic heterocycles. The van der Waals surface area contributed by atoms with Gasteiger partial charge in [-0.15, -0.1) is 0 Å². The molecule has 1 atom stereocenters. The van der Waals surface area contributed by atoms with Gasteiger partial charge in [0.2, 0.25) is 0 Å². The van der Waals surface area contributed by atoms with Crippen molar-refractivity contribution in [1.29, 1.82) is 0 Å². The van der Waals surface area contributed by atoms with Gasteiger partial charge >= 0.3 is 0 Å². The molecule has 17 heavy (non-hydrogen) atoms. The summed E-state index contributed by atoms with van der Waals surface area (Å²) in [4.78, 5) is 0.175. The number of hydrogen-bond donors (Lipinski definition) is 0. The van der Waals surface area contributed by atoms with E-state index in [1.807, 2.05) is 12.1 Å². The summed E-state index contributed by atoms with van der Waals surface area (Å²) in [6.07, 6.45) is 0. The van der Waals surface area contributed by atoms with Crippen molar-refractivity contribution >= 4 is 43.5 Å². The van der Waals surface area contributed by atoms with Crippen molar-refractivity contribution in [2.45, 2.75) is 11.8 Å². The Morgan fingerprint density at radius 2 is 1.59 bits per heavy atom. The molecule has 0 aliphatic carbocycles. The molecular weight excluding hydrogens is 363 g/mol. The molecule has 0 radical (unpaired) electrons. The first kappa shape index (κ1) is 13.1. The van der Waals surface area contributed by atoms with Gasteiger partial charge in [-0.25, -0.2) is 0 Å². The quantitative estimate of drug-likeness (QED) is 0.575. The lowest BCUT2D eigenvalue weighted by Crippen LogP contribution is -1.92. The number of hydrogen-bond acceptors (Lipinski definition) is 0. The summed E-state index contributed by atoms with van der Waals surface area (Å²) in [6, 6.07) is 14.5. The minimum Gasteiger partial charge on any atom is -0.0831 e. The van der Waals surface area contributed by atoms with Crippen LogP contribution in [0.1, 0.15) is 21.5 Å². The van der Waals surface area contributed by atoms with Crippen molar-refractivity contribution in [3.05, 3.63) is 68.7 Å². The fourth-order valence-corrected chi connectivity index (χ4v) is 2.62. The Bertz CT molecular complexity index is 520. The molecule has 0 amide bonds. The largest absolute Gasteiger partial charge is 0.0831 e. The third-order valence-electron chi connectivity index (χ3n) is 2.61. The molecule has 0 N–H and O–H groups in total. The Kier molecular flexibility index (Phi) is 4.29. The van der Waals surface area contributed by atoms with Crippen LogP contribution in [0.4, 0.5) is 0 Å². The number of benzene rings is 2. The van der Waals surface area contributed by atoms with Gasteiger partial charge in [-0.3, -0.25) is 0 Å². The SMILES string of the molecule is Cc1ccc(C(Br)c2ccc(Br)c(Cl)c2)cc1. The van der Waals surface area contributed by atoms with Crippen LogP contribution in [0.2, 0.25) is 5.02 Å². The molecule has 3 heteroatoms. The molecule has 2 aromatic carbocycles. The van der Waals surface area contributed by atoms with Crippen molar-refractivity contribution in [3.63, 3.8) is 0 Å². The van der Waals surface area contributed by atoms with Crippen LogP contribution in [0.15, 0.2) is 46.9 Å². The topological polar surface area (TPSA) is 0 Å². The predicted octanol–water partition coefficient (Wildman–Crippen LogP) is 5.90. The molecule has 1 unspecified atom stereocenters. The van der Waals surface area contributed by atoms with Crippen LogP contribution in [-0.2, 0) is 0 Å². The summed E-state index contributed by atoms with van der Waals surface area (Å²) in [5, 5.41) is 0.735. The highest BCUT2D eigenvalue weighted by Crippen LogP contribution is 2.34. The molecule has 0 saturated heterocycles. The molecule has 0 nitrogen and oxygen atoms in total. The van der Waals surface area contributed by atoms with Crippen LogP contribution >= 0.6 is 43.5 Å². The molecule has 0 aliphatic rings. The minimum atomic E-state index is 0.175. The van der Waals surface area contributed by atoms with Crippen LogP contribution in [0.3, 0.4) is 0 Å². The van der Waals surface area contributed by atoms with Crippen molar-refractivity contribution < 1.29 is 0 Å². The first-order valence-electron chi connectivity index (χ1n) is 5.23. The zero-order chi connectivity index (χ0) is 12.4. The van der Waals surface area contributed by atoms with E-state index < -0.39 is 0 Å². The van der Waals surface area contributed by atoms with Gasteiger partial charge in [-0.2, -0.15) is 0 Å². The Morgan fingerprint density at radius 3 is 2.18 bits per heavy atom. The van der Waals surface area contributed by atoms with E-state index in [2.05, 4.69) is 69.1 Å². The highest BCUT2D eigenvalue weighted by Gasteiger charge is 2.11. The minimum absolute atomic E-state index is 0.175. The molecule has 0 heterocycles. The zero-order valence-electron chi connectivity index (χ0n) is 9.25. The second-order valence-electron chi connectivity index (χ2n) is 3.95. The smallest absolute Gasteiger partial charge is 0.0645 e. The maximum absolute atomic E-state index is 6.10. The molecule has 0 aliphatic heterocycles. The van der Waals surface area contributed by atoms with Gasteiger partial charge in [-0.1, -0.05) is 63.4 Å². The highest BCUT2D eigenvalue weighted by molar-refractivity contribution is 9.10. The van der Waals surface area contributed by atoms with Crippen LogP contribution in [0.5, 0.6) is 0 Å². The van der Waals surface area contributed by atoms with Gasteiger partial charge in [0.1, 0.15) is 0 Å². The summed E-state index contributed by atoms with van der Waals surface area (Å²) in [6.45, 7) is 2.09. The van der Waals surface area contributed by atoms with E-state index in [4.69, 9.17) is 11.6 Å². The average Bonchev–Trinajstić information content (AvgIpc) is 2.33. The van der Waals surface area contributed by atoms with Crippen molar-refractivity contribution in [1.82, 2.24) is 0 Å². The van der Waals surface area contributed by atoms with Crippen molar-refractivity contribution in [2.24, 2.45) is 0 Å². The molecule has 0 spiro atoms. The highest BCUT2D eigenvalue weighted by atomic mass is 79.9. The van der Waals surface area contributed by atoms with E-state index in [1.165, 1.54) is 11.1 Å². The van der Waals surface area contributed by atoms with E-state index in [9.17, 15) is 0 Å². The Labute approximate surface area is 123 Å². The zero-order valence-corrected chi connectivity index (χ0v) is 13.2. The first-order valence-corrected chi connectivity index (χ1v) is 7.32. The van der Waals surface area contributed by atoms with E-state index in [0.29, 0.717) is 0 Å². The Balaban J connectivity index is 2.33. The van der Waals surface area contributed by atoms with Gasteiger partial charge in [0.25, 0.3) is 0 Å². The maximum Gasteiger partial charge on any atom is 0.0645 e. The van der Waals surface area contributed by atoms with Crippen molar-refractivity contribution in [2.75, 3.05) is 0 Å². The van der Waals surface area contributed by atoms with E-state index in [1.54, 1.807) is 0 Å². The number of halogens is 3. The fraction of sp³-hybridized carbons (Fsp3) is 0.143. The second-order valence-corrected chi connectivity index (χ2v) is 6.12. The van der Waals surface area contributed by atoms with Gasteiger partial charge in [-0.05, 0) is 46.1 Å². The molecule has 2 rings (SSSR count). The van der Waals surface area contributed by atoms with Crippen molar-refractivity contribution in [3.8, 4) is 0 Å². The van der Waals surface area contributed by atoms with Crippen LogP contribution in [0.25, 0.3) is 0 Å². The maximum atomic E-state index is 6.10. The Hall–Kier alpha value is -0.310. The average molecular weight is 375 g/mol. The number of alkyl halides is 1. The monoisotopic (exact) mass is 372 g/mol. The van der Waals surface area contributed by atoms with E-state index in [0.717, 1.165) is 15.1 Å². The number of aryl methyl sites for hydroxylation is 1. The van der Waals surface area contributed by atoms with Crippen LogP contribution in [0, 0.1) is 6.92 Å². The standard InChI is InChI=1S/C14H11Br2Cl/c1-9-2-4-10(5-3-9)14(16)11-6-7-12(15)13(17)8-11/h2-8,14H,1H3. The van der Waals surface area contributed by atoms with E-state index >= 15 is 0 Å². The summed E-state index contributed by atoms with van der Waals surface area (Å²) >= 11 is 13.2. The molecule has 88 valence electrons. The lowest BCUT2D eigenvalue weighted by Gasteiger charge is -2.12. The molecule has 2 aromatic rings. The molecule has 0 saturated carbocycles. The van der Waals surface area contributed by atoms with Crippen LogP contribution < -0.4 is 0 Å². The first-order chi connectivity index (χ1) is 8.08. The summed E-state index contributed by atoms with van der Waals surface area (Å²) in [7, 11) is 0. The van der Waals surface area contributed by atoms with Crippen LogP contribution in [-0.4, -0.2) is 0 Å². The normalized spacial score (nSPS) is 12.5. The molecule has 0 fully saturated rings. The third kappa shape index (κ3) is 3.12. The van der Waals surface area contributed by atoms with Gasteiger partial charge < -0.3 is 0 Å². The number of rotatable bonds is 2. The third-order valence-corrected chi connectivity index (χ3v) is 4.90. The van der Waals surface area contributed by atoms with Gasteiger partial charge in [0.05, 0.1) is 9.85 Å². The molecule has 0 bridgehead atoms. The fourth-order valence-electron chi connectivity index (χ4n) is 1.60. The summed E-state index contributed by atoms with van der Waals surface area (Å²) in [5.41, 5.74) is 3.65. The van der Waals surface area contributed by atoms with Gasteiger partial charge in [0, 0.05) is 4.47 Å². The predicted molar refractivity (Wildman–Crippen MR) is 81.1 cm³/mol. The van der Waals surface area contributed by atoms with E-state index in [-0.39, 0.29) is 4.83 Å². The lowest BCUT2D eigenvalue weighted by atomic mass is 10.0. The Morgan fingerprint density at radius 1 is 1.00 bits per heavy atom. The second kappa shape index (κ2) is 5.55. The summed E-state index contributed by atoms with van der Waals surface area (Å²) < 4.78 is 0.923. The molecular formula is C14H11Br2Cl. The lowest BCUT2D eigenvalue weighted by molar-refractivity contribution is 1.17. The summed E-state index contributed by atoms with van der Waals surface area (Å²) in [5.74, 6) is 0. The van der Waals surface area contributed by atoms with Gasteiger partial charge in [0.15, 0.2) is 0 Å².